The van der Waals surface area contributed by atoms with Crippen LogP contribution in [0.1, 0.15) is 34.1 Å². The number of carbonyl (C=O) groups excluding carboxylic acids is 1. The average molecular weight is 332 g/mol. The Morgan fingerprint density at radius 1 is 0.760 bits per heavy atom. The molecule has 4 atom stereocenters. The van der Waals surface area contributed by atoms with E-state index >= 15 is 0 Å². The number of benzene rings is 3. The van der Waals surface area contributed by atoms with Gasteiger partial charge in [0, 0.05) is 5.39 Å². The average Bonchev–Trinajstić information content (AvgIpc) is 3.03. The fraction of sp³-hybridized carbons (Fsp3) is 0.190. The molecule has 4 heteroatoms. The third-order valence-corrected chi connectivity index (χ3v) is 5.83. The number of hydrogen-bond acceptors (Lipinski definition) is 3. The van der Waals surface area contributed by atoms with Gasteiger partial charge >= 0.3 is 6.16 Å². The summed E-state index contributed by atoms with van der Waals surface area (Å²) in [7, 11) is 0. The molecule has 25 heavy (non-hydrogen) atoms. The van der Waals surface area contributed by atoms with Gasteiger partial charge in [0.2, 0.25) is 0 Å². The van der Waals surface area contributed by atoms with Crippen LogP contribution in [0.4, 0.5) is 9.18 Å². The minimum atomic E-state index is -0.629. The van der Waals surface area contributed by atoms with Gasteiger partial charge in [0.05, 0.1) is 11.8 Å². The van der Waals surface area contributed by atoms with Crippen molar-refractivity contribution in [3.8, 4) is 0 Å². The molecule has 0 saturated carbocycles. The van der Waals surface area contributed by atoms with Crippen LogP contribution in [-0.4, -0.2) is 18.4 Å². The van der Waals surface area contributed by atoms with Crippen LogP contribution in [0.2, 0.25) is 0 Å². The smallest absolute Gasteiger partial charge is 0.426 e. The van der Waals surface area contributed by atoms with E-state index in [-0.39, 0.29) is 29.9 Å². The highest BCUT2D eigenvalue weighted by Gasteiger charge is 2.57. The van der Waals surface area contributed by atoms with Gasteiger partial charge in [-0.2, -0.15) is 0 Å². The molecule has 0 unspecified atom stereocenters. The maximum atomic E-state index is 14.8. The van der Waals surface area contributed by atoms with E-state index in [0.717, 1.165) is 27.6 Å². The van der Waals surface area contributed by atoms with Gasteiger partial charge in [0.15, 0.2) is 12.2 Å². The Hall–Kier alpha value is -2.88. The largest absolute Gasteiger partial charge is 0.509 e. The molecule has 0 aromatic heterocycles. The SMILES string of the molecule is O=C1O[C@@H]2[C@H]3c4ccccc4[C@@H](c4c3cc(F)c3ccccc43)[C@H]2O1. The lowest BCUT2D eigenvalue weighted by Crippen LogP contribution is -2.45. The summed E-state index contributed by atoms with van der Waals surface area (Å²) in [5.74, 6) is -0.550. The van der Waals surface area contributed by atoms with Crippen molar-refractivity contribution in [2.45, 2.75) is 24.0 Å². The summed E-state index contributed by atoms with van der Waals surface area (Å²) in [6, 6.07) is 17.2. The zero-order chi connectivity index (χ0) is 16.7. The first-order valence-electron chi connectivity index (χ1n) is 8.41. The van der Waals surface area contributed by atoms with Crippen molar-refractivity contribution in [3.05, 3.63) is 82.7 Å². The minimum Gasteiger partial charge on any atom is -0.426 e. The molecule has 7 rings (SSSR count). The van der Waals surface area contributed by atoms with Gasteiger partial charge in [0.1, 0.15) is 5.82 Å². The summed E-state index contributed by atoms with van der Waals surface area (Å²) in [6.07, 6.45) is -1.37. The molecule has 4 aliphatic rings. The number of hydrogen-bond donors (Lipinski definition) is 0. The number of halogens is 1. The van der Waals surface area contributed by atoms with E-state index in [1.54, 1.807) is 12.1 Å². The van der Waals surface area contributed by atoms with Gasteiger partial charge < -0.3 is 9.47 Å². The maximum Gasteiger partial charge on any atom is 0.509 e. The van der Waals surface area contributed by atoms with Crippen molar-refractivity contribution >= 4 is 16.9 Å². The third kappa shape index (κ3) is 1.53. The van der Waals surface area contributed by atoms with Gasteiger partial charge in [-0.15, -0.1) is 0 Å². The number of carbonyl (C=O) groups is 1. The van der Waals surface area contributed by atoms with E-state index in [2.05, 4.69) is 6.07 Å². The van der Waals surface area contributed by atoms with Crippen LogP contribution in [-0.2, 0) is 9.47 Å². The summed E-state index contributed by atoms with van der Waals surface area (Å²) in [4.78, 5) is 11.8. The molecule has 3 aromatic rings. The highest BCUT2D eigenvalue weighted by Crippen LogP contribution is 2.58. The molecule has 3 nitrogen and oxygen atoms in total. The molecule has 1 aliphatic heterocycles. The quantitative estimate of drug-likeness (QED) is 0.570. The normalized spacial score (nSPS) is 28.1. The Morgan fingerprint density at radius 2 is 1.36 bits per heavy atom. The van der Waals surface area contributed by atoms with Crippen molar-refractivity contribution in [2.75, 3.05) is 0 Å². The van der Waals surface area contributed by atoms with Crippen LogP contribution < -0.4 is 0 Å². The van der Waals surface area contributed by atoms with Crippen LogP contribution in [0.3, 0.4) is 0 Å². The van der Waals surface area contributed by atoms with Crippen molar-refractivity contribution in [1.82, 2.24) is 0 Å². The van der Waals surface area contributed by atoms with Crippen LogP contribution in [0.5, 0.6) is 0 Å². The first-order valence-corrected chi connectivity index (χ1v) is 8.41. The highest BCUT2D eigenvalue weighted by atomic mass is 19.1. The van der Waals surface area contributed by atoms with Crippen molar-refractivity contribution < 1.29 is 18.7 Å². The summed E-state index contributed by atoms with van der Waals surface area (Å²) in [5.41, 5.74) is 4.24. The van der Waals surface area contributed by atoms with E-state index < -0.39 is 6.16 Å². The Morgan fingerprint density at radius 3 is 2.12 bits per heavy atom. The lowest BCUT2D eigenvalue weighted by atomic mass is 9.60. The van der Waals surface area contributed by atoms with Gasteiger partial charge in [-0.1, -0.05) is 48.5 Å². The second-order valence-corrected chi connectivity index (χ2v) is 6.91. The van der Waals surface area contributed by atoms with E-state index in [0.29, 0.717) is 5.39 Å². The molecule has 3 aromatic carbocycles. The molecule has 2 bridgehead atoms. The van der Waals surface area contributed by atoms with E-state index in [1.165, 1.54) is 0 Å². The molecular formula is C21H13FO3. The Balaban J connectivity index is 1.75. The van der Waals surface area contributed by atoms with Crippen molar-refractivity contribution in [1.29, 1.82) is 0 Å². The summed E-state index contributed by atoms with van der Waals surface area (Å²) in [6.45, 7) is 0. The maximum absolute atomic E-state index is 14.8. The van der Waals surface area contributed by atoms with Gasteiger partial charge in [-0.3, -0.25) is 0 Å². The van der Waals surface area contributed by atoms with Crippen molar-refractivity contribution in [3.63, 3.8) is 0 Å². The van der Waals surface area contributed by atoms with Crippen LogP contribution in [0.15, 0.2) is 54.6 Å². The summed E-state index contributed by atoms with van der Waals surface area (Å²) < 4.78 is 25.8. The topological polar surface area (TPSA) is 35.5 Å². The molecule has 3 aliphatic carbocycles. The van der Waals surface area contributed by atoms with E-state index in [9.17, 15) is 9.18 Å². The molecule has 0 amide bonds. The van der Waals surface area contributed by atoms with Gasteiger partial charge in [-0.25, -0.2) is 9.18 Å². The first-order chi connectivity index (χ1) is 12.2. The molecule has 0 spiro atoms. The molecule has 0 radical (unpaired) electrons. The predicted molar refractivity (Wildman–Crippen MR) is 89.2 cm³/mol. The lowest BCUT2D eigenvalue weighted by Gasteiger charge is -2.45. The monoisotopic (exact) mass is 332 g/mol. The lowest BCUT2D eigenvalue weighted by molar-refractivity contribution is 0.103. The van der Waals surface area contributed by atoms with E-state index in [4.69, 9.17) is 9.47 Å². The molecule has 1 heterocycles. The fourth-order valence-electron chi connectivity index (χ4n) is 4.97. The van der Waals surface area contributed by atoms with Gasteiger partial charge in [0.25, 0.3) is 0 Å². The van der Waals surface area contributed by atoms with Crippen LogP contribution in [0.25, 0.3) is 10.8 Å². The van der Waals surface area contributed by atoms with Crippen LogP contribution >= 0.6 is 0 Å². The number of fused-ring (bicyclic) bond motifs is 1. The standard InChI is InChI=1S/C21H13FO3/c22-15-9-14-16(11-6-2-1-5-10(11)15)18-13-8-4-3-7-12(13)17(14)19-20(18)25-21(23)24-19/h1-9,17-20H/t17-,18-,19+,20+/m0/s1. The molecule has 0 N–H and O–H groups in total. The molecular weight excluding hydrogens is 319 g/mol. The molecule has 122 valence electrons. The zero-order valence-corrected chi connectivity index (χ0v) is 13.1. The Labute approximate surface area is 143 Å². The van der Waals surface area contributed by atoms with E-state index in [1.807, 2.05) is 36.4 Å². The molecule has 1 fully saturated rings. The second kappa shape index (κ2) is 4.39. The Kier molecular flexibility index (Phi) is 2.36. The first kappa shape index (κ1) is 13.4. The summed E-state index contributed by atoms with van der Waals surface area (Å²) >= 11 is 0. The third-order valence-electron chi connectivity index (χ3n) is 5.83. The number of rotatable bonds is 0. The summed E-state index contributed by atoms with van der Waals surface area (Å²) in [5, 5.41) is 1.50. The van der Waals surface area contributed by atoms with Crippen LogP contribution in [0, 0.1) is 5.82 Å². The van der Waals surface area contributed by atoms with Gasteiger partial charge in [-0.05, 0) is 33.7 Å². The Bertz CT molecular complexity index is 1070. The number of ether oxygens (including phenoxy) is 2. The predicted octanol–water partition coefficient (Wildman–Crippen LogP) is 4.47. The highest BCUT2D eigenvalue weighted by molar-refractivity contribution is 5.90. The minimum absolute atomic E-state index is 0.127. The zero-order valence-electron chi connectivity index (χ0n) is 13.1. The second-order valence-electron chi connectivity index (χ2n) is 6.91. The molecule has 1 saturated heterocycles. The van der Waals surface area contributed by atoms with Crippen molar-refractivity contribution in [2.24, 2.45) is 0 Å². The fourth-order valence-corrected chi connectivity index (χ4v) is 4.97.